The van der Waals surface area contributed by atoms with Gasteiger partial charge in [0.25, 0.3) is 0 Å². The number of fused-ring (bicyclic) bond motifs is 17. The molecule has 0 fully saturated rings. The highest BCUT2D eigenvalue weighted by Crippen LogP contribution is 2.67. The molecule has 5 heteroatoms. The lowest BCUT2D eigenvalue weighted by atomic mass is 9.61. The van der Waals surface area contributed by atoms with Crippen molar-refractivity contribution in [2.75, 3.05) is 0 Å². The Morgan fingerprint density at radius 1 is 0.500 bits per heavy atom. The van der Waals surface area contributed by atoms with Gasteiger partial charge in [-0.05, 0) is 75.8 Å². The highest BCUT2D eigenvalue weighted by Gasteiger charge is 2.58. The van der Waals surface area contributed by atoms with E-state index in [-0.39, 0.29) is 11.8 Å². The molecule has 11 aromatic rings. The quantitative estimate of drug-likeness (QED) is 0.178. The first-order valence-corrected chi connectivity index (χ1v) is 22.8. The number of allylic oxidation sites excluding steroid dienone is 1. The van der Waals surface area contributed by atoms with Crippen molar-refractivity contribution in [2.24, 2.45) is 5.92 Å². The summed E-state index contributed by atoms with van der Waals surface area (Å²) in [5, 5.41) is 3.68. The van der Waals surface area contributed by atoms with E-state index in [2.05, 4.69) is 188 Å². The first-order valence-electron chi connectivity index (χ1n) is 21.2. The van der Waals surface area contributed by atoms with Crippen molar-refractivity contribution in [1.82, 2.24) is 9.97 Å². The first kappa shape index (κ1) is 34.5. The minimum Gasteiger partial charge on any atom is -0.457 e. The molecule has 3 nitrogen and oxygen atoms in total. The summed E-state index contributed by atoms with van der Waals surface area (Å²) < 4.78 is 11.6. The SMILES string of the molecule is C1=CC2C(c3ccccc31)c1c(-c3ccc4sc5ccc(-c6nc(-c7ccccc7)nc7c6sc6ccccc67)cc5c4c3)cccc1C21c2ccccc2Oc2ccccc21. The fraction of sp³-hybridized carbons (Fsp3) is 0.0526. The van der Waals surface area contributed by atoms with E-state index < -0.39 is 5.41 Å². The molecule has 0 saturated heterocycles. The summed E-state index contributed by atoms with van der Waals surface area (Å²) in [5.74, 6) is 2.91. The minimum absolute atomic E-state index is 0.142. The summed E-state index contributed by atoms with van der Waals surface area (Å²) >= 11 is 3.64. The zero-order valence-corrected chi connectivity index (χ0v) is 34.9. The average Bonchev–Trinajstić information content (AvgIpc) is 4.00. The van der Waals surface area contributed by atoms with E-state index in [0.29, 0.717) is 0 Å². The Morgan fingerprint density at radius 3 is 1.98 bits per heavy atom. The number of hydrogen-bond acceptors (Lipinski definition) is 5. The molecular formula is C57H34N2OS2. The Balaban J connectivity index is 0.999. The molecule has 2 unspecified atom stereocenters. The summed E-state index contributed by atoms with van der Waals surface area (Å²) in [4.78, 5) is 10.5. The molecular weight excluding hydrogens is 793 g/mol. The maximum absolute atomic E-state index is 6.70. The second kappa shape index (κ2) is 12.9. The number of rotatable bonds is 3. The van der Waals surface area contributed by atoms with E-state index >= 15 is 0 Å². The number of aromatic nitrogens is 2. The number of hydrogen-bond donors (Lipinski definition) is 0. The van der Waals surface area contributed by atoms with Gasteiger partial charge in [0, 0.05) is 64.3 Å². The Hall–Kier alpha value is -7.18. The van der Waals surface area contributed by atoms with Gasteiger partial charge in [0.2, 0.25) is 0 Å². The second-order valence-corrected chi connectivity index (χ2v) is 18.9. The molecule has 0 amide bonds. The number of ether oxygens (including phenoxy) is 1. The molecule has 0 radical (unpaired) electrons. The number of nitrogens with zero attached hydrogens (tertiary/aromatic N) is 2. The summed E-state index contributed by atoms with van der Waals surface area (Å²) in [6.07, 6.45) is 4.86. The van der Waals surface area contributed by atoms with Crippen LogP contribution >= 0.6 is 22.7 Å². The summed E-state index contributed by atoms with van der Waals surface area (Å²) in [5.41, 5.74) is 14.1. The van der Waals surface area contributed by atoms with Crippen molar-refractivity contribution in [1.29, 1.82) is 0 Å². The van der Waals surface area contributed by atoms with Gasteiger partial charge in [-0.2, -0.15) is 0 Å². The van der Waals surface area contributed by atoms with Crippen molar-refractivity contribution in [3.05, 3.63) is 221 Å². The van der Waals surface area contributed by atoms with E-state index in [4.69, 9.17) is 14.7 Å². The van der Waals surface area contributed by atoms with E-state index in [1.807, 2.05) is 17.4 Å². The molecule has 3 aromatic heterocycles. The van der Waals surface area contributed by atoms with Gasteiger partial charge in [-0.1, -0.05) is 152 Å². The van der Waals surface area contributed by atoms with Crippen LogP contribution in [0.5, 0.6) is 11.5 Å². The zero-order chi connectivity index (χ0) is 40.5. The van der Waals surface area contributed by atoms with E-state index in [1.54, 1.807) is 11.3 Å². The van der Waals surface area contributed by atoms with Gasteiger partial charge in [0.1, 0.15) is 11.5 Å². The van der Waals surface area contributed by atoms with Crippen LogP contribution in [-0.4, -0.2) is 9.97 Å². The highest BCUT2D eigenvalue weighted by atomic mass is 32.1. The van der Waals surface area contributed by atoms with Crippen molar-refractivity contribution in [2.45, 2.75) is 11.3 Å². The van der Waals surface area contributed by atoms with E-state index in [1.165, 1.54) is 74.8 Å². The molecule has 4 heterocycles. The topological polar surface area (TPSA) is 35.0 Å². The van der Waals surface area contributed by atoms with Crippen molar-refractivity contribution in [3.8, 4) is 45.3 Å². The largest absolute Gasteiger partial charge is 0.457 e. The van der Waals surface area contributed by atoms with Gasteiger partial charge in [-0.3, -0.25) is 0 Å². The molecule has 0 saturated carbocycles. The summed E-state index contributed by atoms with van der Waals surface area (Å²) in [6, 6.07) is 66.5. The molecule has 8 aromatic carbocycles. The molecule has 3 aliphatic rings. The summed E-state index contributed by atoms with van der Waals surface area (Å²) in [6.45, 7) is 0. The number of benzene rings is 8. The fourth-order valence-electron chi connectivity index (χ4n) is 11.1. The Kier molecular flexibility index (Phi) is 7.19. The predicted molar refractivity (Wildman–Crippen MR) is 258 cm³/mol. The van der Waals surface area contributed by atoms with Crippen LogP contribution in [0.3, 0.4) is 0 Å². The van der Waals surface area contributed by atoms with Crippen LogP contribution in [-0.2, 0) is 5.41 Å². The first-order chi connectivity index (χ1) is 30.7. The monoisotopic (exact) mass is 826 g/mol. The minimum atomic E-state index is -0.437. The maximum Gasteiger partial charge on any atom is 0.160 e. The lowest BCUT2D eigenvalue weighted by molar-refractivity contribution is 0.372. The van der Waals surface area contributed by atoms with Crippen molar-refractivity contribution < 1.29 is 4.74 Å². The Labute approximate surface area is 365 Å². The smallest absolute Gasteiger partial charge is 0.160 e. The Morgan fingerprint density at radius 2 is 1.16 bits per heavy atom. The molecule has 0 N–H and O–H groups in total. The maximum atomic E-state index is 6.70. The third-order valence-electron chi connectivity index (χ3n) is 13.7. The van der Waals surface area contributed by atoms with Crippen LogP contribution in [0.15, 0.2) is 188 Å². The second-order valence-electron chi connectivity index (χ2n) is 16.7. The van der Waals surface area contributed by atoms with Crippen molar-refractivity contribution >= 4 is 69.2 Å². The lowest BCUT2D eigenvalue weighted by Gasteiger charge is -2.43. The van der Waals surface area contributed by atoms with E-state index in [9.17, 15) is 0 Å². The standard InChI is InChI=1S/C57H34N2OS2/c1-2-14-34(15-3-1)56-58-53(55-54(59-56)39-17-6-11-24-48(39)62-55)36-27-30-50-41(32-36)40-31-35(26-29-49(40)61-50)38-18-12-21-44-52(38)51-37-16-5-4-13-33(37)25-28-45(51)57(44)42-19-7-9-22-46(42)60-47-23-10-8-20-43(47)57/h1-32,45,51H. The highest BCUT2D eigenvalue weighted by molar-refractivity contribution is 7.26. The molecule has 62 heavy (non-hydrogen) atoms. The molecule has 14 rings (SSSR count). The molecule has 2 atom stereocenters. The van der Waals surface area contributed by atoms with Crippen LogP contribution in [0.2, 0.25) is 0 Å². The van der Waals surface area contributed by atoms with E-state index in [0.717, 1.165) is 44.4 Å². The molecule has 1 spiro atoms. The summed E-state index contributed by atoms with van der Waals surface area (Å²) in [7, 11) is 0. The number of thiophene rings is 2. The van der Waals surface area contributed by atoms with Gasteiger partial charge >= 0.3 is 0 Å². The fourth-order valence-corrected chi connectivity index (χ4v) is 13.4. The van der Waals surface area contributed by atoms with Crippen molar-refractivity contribution in [3.63, 3.8) is 0 Å². The third kappa shape index (κ3) is 4.69. The van der Waals surface area contributed by atoms with Crippen LogP contribution in [0.4, 0.5) is 0 Å². The van der Waals surface area contributed by atoms with Gasteiger partial charge in [-0.25, -0.2) is 9.97 Å². The molecule has 0 bridgehead atoms. The zero-order valence-electron chi connectivity index (χ0n) is 33.2. The average molecular weight is 827 g/mol. The molecule has 2 aliphatic carbocycles. The van der Waals surface area contributed by atoms with Gasteiger partial charge in [-0.15, -0.1) is 22.7 Å². The third-order valence-corrected chi connectivity index (χ3v) is 16.0. The molecule has 290 valence electrons. The van der Waals surface area contributed by atoms with Gasteiger partial charge in [0.05, 0.1) is 21.3 Å². The molecule has 1 aliphatic heterocycles. The van der Waals surface area contributed by atoms with Crippen LogP contribution in [0.25, 0.3) is 80.3 Å². The Bertz CT molecular complexity index is 3660. The van der Waals surface area contributed by atoms with Crippen LogP contribution < -0.4 is 4.74 Å². The van der Waals surface area contributed by atoms with Gasteiger partial charge in [0.15, 0.2) is 5.82 Å². The van der Waals surface area contributed by atoms with Crippen LogP contribution in [0, 0.1) is 5.92 Å². The number of para-hydroxylation sites is 2. The van der Waals surface area contributed by atoms with Crippen LogP contribution in [0.1, 0.15) is 39.3 Å². The lowest BCUT2D eigenvalue weighted by Crippen LogP contribution is -2.38. The van der Waals surface area contributed by atoms with Gasteiger partial charge < -0.3 is 4.74 Å². The normalized spacial score (nSPS) is 16.6. The predicted octanol–water partition coefficient (Wildman–Crippen LogP) is 15.4.